The van der Waals surface area contributed by atoms with Crippen LogP contribution in [0, 0.1) is 0 Å². The van der Waals surface area contributed by atoms with Crippen molar-refractivity contribution in [2.75, 3.05) is 13.1 Å². The van der Waals surface area contributed by atoms with Crippen LogP contribution in [-0.4, -0.2) is 29.8 Å². The quantitative estimate of drug-likeness (QED) is 0.806. The van der Waals surface area contributed by atoms with Crippen LogP contribution in [0.2, 0.25) is 5.02 Å². The largest absolute Gasteiger partial charge is 0.352 e. The summed E-state index contributed by atoms with van der Waals surface area (Å²) < 4.78 is 0. The van der Waals surface area contributed by atoms with Gasteiger partial charge in [0.15, 0.2) is 0 Å². The maximum Gasteiger partial charge on any atom is 0.255 e. The number of halogens is 1. The number of nitrogens with zero attached hydrogens (tertiary/aromatic N) is 1. The maximum atomic E-state index is 12.7. The fraction of sp³-hybridized carbons (Fsp3) is 0.333. The van der Waals surface area contributed by atoms with Crippen molar-refractivity contribution in [3.63, 3.8) is 0 Å². The van der Waals surface area contributed by atoms with Crippen molar-refractivity contribution in [3.8, 4) is 0 Å². The zero-order chi connectivity index (χ0) is 18.5. The lowest BCUT2D eigenvalue weighted by molar-refractivity contribution is 0.0734. The van der Waals surface area contributed by atoms with Crippen LogP contribution in [0.1, 0.15) is 51.6 Å². The first-order valence-electron chi connectivity index (χ1n) is 9.04. The number of benzene rings is 2. The Bertz CT molecular complexity index is 819. The molecular formula is C21H23ClN2O2. The summed E-state index contributed by atoms with van der Waals surface area (Å²) in [5, 5.41) is 3.42. The fourth-order valence-electron chi connectivity index (χ4n) is 3.15. The Kier molecular flexibility index (Phi) is 5.94. The van der Waals surface area contributed by atoms with E-state index >= 15 is 0 Å². The van der Waals surface area contributed by atoms with E-state index in [-0.39, 0.29) is 11.8 Å². The van der Waals surface area contributed by atoms with Gasteiger partial charge in [-0.05, 0) is 48.2 Å². The second-order valence-corrected chi connectivity index (χ2v) is 6.96. The molecule has 2 amide bonds. The highest BCUT2D eigenvalue weighted by Gasteiger charge is 2.23. The number of rotatable bonds is 5. The van der Waals surface area contributed by atoms with Gasteiger partial charge in [0.05, 0.1) is 10.6 Å². The average molecular weight is 371 g/mol. The van der Waals surface area contributed by atoms with Crippen LogP contribution >= 0.6 is 11.6 Å². The van der Waals surface area contributed by atoms with Gasteiger partial charge in [-0.2, -0.15) is 0 Å². The van der Waals surface area contributed by atoms with E-state index in [1.54, 1.807) is 12.1 Å². The second kappa shape index (κ2) is 8.37. The van der Waals surface area contributed by atoms with Crippen molar-refractivity contribution < 1.29 is 9.59 Å². The molecule has 0 atom stereocenters. The monoisotopic (exact) mass is 370 g/mol. The highest BCUT2D eigenvalue weighted by atomic mass is 35.5. The molecule has 2 aromatic carbocycles. The predicted molar refractivity (Wildman–Crippen MR) is 104 cm³/mol. The van der Waals surface area contributed by atoms with E-state index in [0.717, 1.165) is 30.4 Å². The van der Waals surface area contributed by atoms with Crippen molar-refractivity contribution in [1.82, 2.24) is 10.2 Å². The van der Waals surface area contributed by atoms with E-state index in [2.05, 4.69) is 12.2 Å². The van der Waals surface area contributed by atoms with Crippen LogP contribution in [0.5, 0.6) is 0 Å². The third-order valence-corrected chi connectivity index (χ3v) is 5.02. The van der Waals surface area contributed by atoms with Gasteiger partial charge in [0.25, 0.3) is 11.8 Å². The van der Waals surface area contributed by atoms with Gasteiger partial charge in [-0.3, -0.25) is 9.59 Å². The van der Waals surface area contributed by atoms with Crippen LogP contribution in [0.15, 0.2) is 42.5 Å². The Labute approximate surface area is 159 Å². The van der Waals surface area contributed by atoms with Crippen LogP contribution in [-0.2, 0) is 13.0 Å². The number of carbonyl (C=O) groups is 2. The molecule has 1 aliphatic heterocycles. The van der Waals surface area contributed by atoms with Gasteiger partial charge in [0, 0.05) is 25.2 Å². The molecule has 4 nitrogen and oxygen atoms in total. The lowest BCUT2D eigenvalue weighted by Gasteiger charge is -2.29. The molecule has 1 N–H and O–H groups in total. The number of nitrogens with one attached hydrogen (secondary N) is 1. The minimum absolute atomic E-state index is 0.0316. The number of fused-ring (bicyclic) bond motifs is 1. The molecule has 1 aliphatic rings. The molecule has 0 aliphatic carbocycles. The zero-order valence-corrected chi connectivity index (χ0v) is 15.7. The van der Waals surface area contributed by atoms with Gasteiger partial charge >= 0.3 is 0 Å². The number of carbonyl (C=O) groups excluding carboxylic acids is 2. The van der Waals surface area contributed by atoms with E-state index in [4.69, 9.17) is 11.6 Å². The smallest absolute Gasteiger partial charge is 0.255 e. The Hall–Kier alpha value is -2.33. The van der Waals surface area contributed by atoms with Gasteiger partial charge in [-0.1, -0.05) is 43.1 Å². The Balaban J connectivity index is 1.71. The van der Waals surface area contributed by atoms with Crippen molar-refractivity contribution in [2.45, 2.75) is 32.7 Å². The molecule has 2 aromatic rings. The van der Waals surface area contributed by atoms with Crippen LogP contribution in [0.25, 0.3) is 0 Å². The molecule has 136 valence electrons. The molecule has 0 bridgehead atoms. The van der Waals surface area contributed by atoms with Gasteiger partial charge in [-0.15, -0.1) is 0 Å². The lowest BCUT2D eigenvalue weighted by atomic mass is 9.96. The highest BCUT2D eigenvalue weighted by molar-refractivity contribution is 6.33. The standard InChI is InChI=1S/C21H23ClN2O2/c1-2-3-11-23-20(25)16-8-9-17-14-24(12-10-15(17)13-16)21(26)18-6-4-5-7-19(18)22/h4-9,13H,2-3,10-12,14H2,1H3,(H,23,25). The molecule has 0 unspecified atom stereocenters. The van der Waals surface area contributed by atoms with Crippen LogP contribution in [0.3, 0.4) is 0 Å². The summed E-state index contributed by atoms with van der Waals surface area (Å²) in [5.74, 6) is -0.0848. The first-order chi connectivity index (χ1) is 12.6. The molecule has 1 heterocycles. The third-order valence-electron chi connectivity index (χ3n) is 4.69. The minimum Gasteiger partial charge on any atom is -0.352 e. The van der Waals surface area contributed by atoms with Crippen LogP contribution in [0.4, 0.5) is 0 Å². The van der Waals surface area contributed by atoms with Gasteiger partial charge in [0.2, 0.25) is 0 Å². The van der Waals surface area contributed by atoms with Crippen molar-refractivity contribution in [1.29, 1.82) is 0 Å². The number of amides is 2. The lowest BCUT2D eigenvalue weighted by Crippen LogP contribution is -2.36. The van der Waals surface area contributed by atoms with E-state index in [9.17, 15) is 9.59 Å². The Morgan fingerprint density at radius 1 is 1.15 bits per heavy atom. The second-order valence-electron chi connectivity index (χ2n) is 6.55. The van der Waals surface area contributed by atoms with E-state index in [1.807, 2.05) is 35.2 Å². The van der Waals surface area contributed by atoms with E-state index < -0.39 is 0 Å². The Morgan fingerprint density at radius 3 is 2.73 bits per heavy atom. The molecule has 0 aromatic heterocycles. The molecule has 0 saturated heterocycles. The summed E-state index contributed by atoms with van der Waals surface area (Å²) in [6.07, 6.45) is 2.77. The summed E-state index contributed by atoms with van der Waals surface area (Å²) in [6, 6.07) is 12.9. The molecule has 3 rings (SSSR count). The fourth-order valence-corrected chi connectivity index (χ4v) is 3.37. The summed E-state index contributed by atoms with van der Waals surface area (Å²) in [5.41, 5.74) is 3.44. The normalized spacial score (nSPS) is 13.2. The molecule has 0 radical (unpaired) electrons. The molecular weight excluding hydrogens is 348 g/mol. The molecule has 0 saturated carbocycles. The number of hydrogen-bond acceptors (Lipinski definition) is 2. The maximum absolute atomic E-state index is 12.7. The number of unbranched alkanes of at least 4 members (excludes halogenated alkanes) is 1. The SMILES string of the molecule is CCCCNC(=O)c1ccc2c(c1)CCN(C(=O)c1ccccc1Cl)C2. The summed E-state index contributed by atoms with van der Waals surface area (Å²) in [6.45, 7) is 3.96. The van der Waals surface area contributed by atoms with E-state index in [1.165, 1.54) is 0 Å². The minimum atomic E-state index is -0.0531. The predicted octanol–water partition coefficient (Wildman–Crippen LogP) is 4.07. The summed E-state index contributed by atoms with van der Waals surface area (Å²) in [7, 11) is 0. The molecule has 5 heteroatoms. The summed E-state index contributed by atoms with van der Waals surface area (Å²) >= 11 is 6.15. The molecule has 26 heavy (non-hydrogen) atoms. The number of hydrogen-bond donors (Lipinski definition) is 1. The van der Waals surface area contributed by atoms with Crippen molar-refractivity contribution >= 4 is 23.4 Å². The van der Waals surface area contributed by atoms with Gasteiger partial charge in [0.1, 0.15) is 0 Å². The Morgan fingerprint density at radius 2 is 1.96 bits per heavy atom. The zero-order valence-electron chi connectivity index (χ0n) is 14.9. The molecule has 0 fully saturated rings. The van der Waals surface area contributed by atoms with Gasteiger partial charge < -0.3 is 10.2 Å². The topological polar surface area (TPSA) is 49.4 Å². The highest BCUT2D eigenvalue weighted by Crippen LogP contribution is 2.24. The van der Waals surface area contributed by atoms with E-state index in [0.29, 0.717) is 35.8 Å². The van der Waals surface area contributed by atoms with Crippen molar-refractivity contribution in [3.05, 3.63) is 69.7 Å². The van der Waals surface area contributed by atoms with Gasteiger partial charge in [-0.25, -0.2) is 0 Å². The first kappa shape index (κ1) is 18.5. The third kappa shape index (κ3) is 4.07. The first-order valence-corrected chi connectivity index (χ1v) is 9.41. The van der Waals surface area contributed by atoms with Crippen molar-refractivity contribution in [2.24, 2.45) is 0 Å². The summed E-state index contributed by atoms with van der Waals surface area (Å²) in [4.78, 5) is 26.7. The van der Waals surface area contributed by atoms with Crippen LogP contribution < -0.4 is 5.32 Å². The molecule has 0 spiro atoms. The average Bonchev–Trinajstić information content (AvgIpc) is 2.67.